The Morgan fingerprint density at radius 2 is 1.90 bits per heavy atom. The summed E-state index contributed by atoms with van der Waals surface area (Å²) in [5, 5.41) is 0. The van der Waals surface area contributed by atoms with Gasteiger partial charge in [-0.2, -0.15) is 0 Å². The van der Waals surface area contributed by atoms with Gasteiger partial charge in [-0.3, -0.25) is 0 Å². The third-order valence-electron chi connectivity index (χ3n) is 2.05. The predicted molar refractivity (Wildman–Crippen MR) is 90.0 cm³/mol. The van der Waals surface area contributed by atoms with Crippen molar-refractivity contribution in [3.05, 3.63) is 29.8 Å². The van der Waals surface area contributed by atoms with Gasteiger partial charge in [-0.15, -0.1) is 0 Å². The van der Waals surface area contributed by atoms with Gasteiger partial charge >= 0.3 is 5.97 Å². The maximum Gasteiger partial charge on any atom is 0.330 e. The minimum Gasteiger partial charge on any atom is -0.466 e. The van der Waals surface area contributed by atoms with E-state index in [4.69, 9.17) is 11.0 Å². The molecule has 0 heterocycles. The topological polar surface area (TPSA) is 44.8 Å². The van der Waals surface area contributed by atoms with E-state index in [9.17, 15) is 4.79 Å². The van der Waals surface area contributed by atoms with Gasteiger partial charge in [0.2, 0.25) is 13.0 Å². The Hall–Kier alpha value is -1.14. The van der Waals surface area contributed by atoms with E-state index in [0.29, 0.717) is 11.5 Å². The molecule has 0 fully saturated rings. The van der Waals surface area contributed by atoms with Crippen molar-refractivity contribution in [2.75, 3.05) is 7.11 Å². The van der Waals surface area contributed by atoms with Crippen LogP contribution < -0.4 is 8.37 Å². The molecule has 0 aliphatic rings. The maximum atomic E-state index is 11.1. The molecule has 0 aliphatic heterocycles. The molecular weight excluding hydrogens is 294 g/mol. The fourth-order valence-corrected chi connectivity index (χ4v) is 1.86. The van der Waals surface area contributed by atoms with E-state index in [1.165, 1.54) is 13.2 Å². The Morgan fingerprint density at radius 3 is 2.50 bits per heavy atom. The summed E-state index contributed by atoms with van der Waals surface area (Å²) in [6.07, 6.45) is 2.90. The molecule has 1 aromatic carbocycles. The minimum absolute atomic E-state index is 0.435. The predicted octanol–water partition coefficient (Wildman–Crippen LogP) is 2.73. The third-order valence-corrected chi connectivity index (χ3v) is 2.99. The Balaban J connectivity index is 2.92. The summed E-state index contributed by atoms with van der Waals surface area (Å²) in [5.74, 6) is 0.451. The molecule has 0 atom stereocenters. The van der Waals surface area contributed by atoms with E-state index in [0.717, 1.165) is 29.4 Å². The molecule has 0 N–H and O–H groups in total. The molecule has 20 heavy (non-hydrogen) atoms. The molecule has 4 nitrogen and oxygen atoms in total. The number of esters is 1. The van der Waals surface area contributed by atoms with Gasteiger partial charge < -0.3 is 13.1 Å². The summed E-state index contributed by atoms with van der Waals surface area (Å²) in [5.41, 5.74) is 0.731. The van der Waals surface area contributed by atoms with Crippen LogP contribution in [-0.2, 0) is 9.53 Å². The van der Waals surface area contributed by atoms with Crippen LogP contribution in [0.15, 0.2) is 24.3 Å². The molecule has 1 aromatic rings. The summed E-state index contributed by atoms with van der Waals surface area (Å²) < 4.78 is 30.4. The van der Waals surface area contributed by atoms with E-state index < -0.39 is 19.0 Å². The summed E-state index contributed by atoms with van der Waals surface area (Å²) in [6.45, 7) is 2.49. The second-order valence-electron chi connectivity index (χ2n) is 3.39. The fourth-order valence-electron chi connectivity index (χ4n) is 1.19. The van der Waals surface area contributed by atoms with Crippen molar-refractivity contribution in [1.82, 2.24) is 0 Å². The Bertz CT molecular complexity index is 530. The monoisotopic (exact) mass is 312 g/mol. The van der Waals surface area contributed by atoms with Crippen molar-refractivity contribution >= 4 is 48.9 Å². The highest BCUT2D eigenvalue weighted by atomic mass is 32.2. The lowest BCUT2D eigenvalue weighted by Crippen LogP contribution is -1.94. The first-order valence-electron chi connectivity index (χ1n) is 6.99. The zero-order chi connectivity index (χ0) is 16.5. The summed E-state index contributed by atoms with van der Waals surface area (Å²) in [4.78, 5) is 11.1. The van der Waals surface area contributed by atoms with Gasteiger partial charge in [0, 0.05) is 6.08 Å². The number of rotatable bonds is 8. The summed E-state index contributed by atoms with van der Waals surface area (Å²) in [6, 6.07) is 5.14. The lowest BCUT2D eigenvalue weighted by molar-refractivity contribution is -0.134. The van der Waals surface area contributed by atoms with Crippen molar-refractivity contribution in [2.45, 2.75) is 13.6 Å². The zero-order valence-corrected chi connectivity index (χ0v) is 13.1. The second-order valence-corrected chi connectivity index (χ2v) is 5.05. The second kappa shape index (κ2) is 9.71. The Morgan fingerprint density at radius 1 is 1.25 bits per heavy atom. The van der Waals surface area contributed by atoms with Gasteiger partial charge in [0.15, 0.2) is 11.5 Å². The molecule has 0 spiro atoms. The van der Waals surface area contributed by atoms with E-state index in [-0.39, 0.29) is 0 Å². The van der Waals surface area contributed by atoms with E-state index >= 15 is 0 Å². The number of carbonyl (C=O) groups excluding carboxylic acids is 1. The van der Waals surface area contributed by atoms with Crippen LogP contribution in [0.25, 0.3) is 6.08 Å². The highest BCUT2D eigenvalue weighted by molar-refractivity contribution is 8.19. The van der Waals surface area contributed by atoms with Crippen molar-refractivity contribution in [2.24, 2.45) is 0 Å². The molecule has 106 valence electrons. The Labute approximate surface area is 132 Å². The number of carbonyl (C=O) groups is 1. The van der Waals surface area contributed by atoms with Gasteiger partial charge in [0.1, 0.15) is 0 Å². The molecule has 0 unspecified atom stereocenters. The van der Waals surface area contributed by atoms with E-state index in [1.807, 2.05) is 0 Å². The number of methoxy groups -OCH3 is 1. The van der Waals surface area contributed by atoms with E-state index in [1.54, 1.807) is 37.9 Å². The lowest BCUT2D eigenvalue weighted by Gasteiger charge is -2.10. The summed E-state index contributed by atoms with van der Waals surface area (Å²) >= 11 is 1.98. The van der Waals surface area contributed by atoms with Gasteiger partial charge in [0.05, 0.1) is 7.11 Å². The van der Waals surface area contributed by atoms with Crippen LogP contribution in [0.1, 0.15) is 5.56 Å². The van der Waals surface area contributed by atoms with Gasteiger partial charge in [-0.1, -0.05) is 19.7 Å². The normalized spacial score (nSPS) is 11.6. The molecule has 0 bridgehead atoms. The molecule has 1 rings (SSSR count). The molecule has 0 saturated heterocycles. The van der Waals surface area contributed by atoms with Crippen LogP contribution in [0.5, 0.6) is 11.5 Å². The number of benzene rings is 1. The molecule has 0 aromatic heterocycles. The highest BCUT2D eigenvalue weighted by Crippen LogP contribution is 2.33. The van der Waals surface area contributed by atoms with Crippen LogP contribution in [0, 0.1) is 0 Å². The molecule has 0 radical (unpaired) electrons. The Kier molecular flexibility index (Phi) is 6.72. The molecule has 8 heteroatoms. The summed E-state index contributed by atoms with van der Waals surface area (Å²) in [7, 11) is 1.31. The van der Waals surface area contributed by atoms with Gasteiger partial charge in [-0.05, 0) is 50.2 Å². The van der Waals surface area contributed by atoms with E-state index in [2.05, 4.69) is 4.74 Å². The van der Waals surface area contributed by atoms with Gasteiger partial charge in [-0.25, -0.2) is 4.79 Å². The van der Waals surface area contributed by atoms with Crippen molar-refractivity contribution in [3.63, 3.8) is 0 Å². The first-order chi connectivity index (χ1) is 10.4. The van der Waals surface area contributed by atoms with Crippen LogP contribution in [0.4, 0.5) is 0 Å². The SMILES string of the molecule is [2H]B(C)SOc1ccc(/C=C/C(=O)OC)cc1OSB([2H])C. The molecule has 0 amide bonds. The van der Waals surface area contributed by atoms with Crippen molar-refractivity contribution in [3.8, 4) is 11.5 Å². The molecular formula is C12H16B2O4S2. The molecule has 0 saturated carbocycles. The van der Waals surface area contributed by atoms with Crippen molar-refractivity contribution in [1.29, 1.82) is 2.67 Å². The minimum atomic E-state index is -0.454. The first-order valence-corrected chi connectivity index (χ1v) is 7.44. The standard InChI is InChI=1S/C12H16B2O4S2/c1-13-19-17-10-6-4-9(5-7-12(15)16-3)8-11(10)18-20-14-2/h4-8,13-14H,1-3H3/b7-5+/i13D,14D. The van der Waals surface area contributed by atoms with Crippen LogP contribution >= 0.6 is 23.8 Å². The number of hydrogen-bond donors (Lipinski definition) is 0. The average molecular weight is 312 g/mol. The quantitative estimate of drug-likeness (QED) is 0.318. The fraction of sp³-hybridized carbons (Fsp3) is 0.250. The lowest BCUT2D eigenvalue weighted by atomic mass is 10.2. The van der Waals surface area contributed by atoms with Crippen LogP contribution in [0.2, 0.25) is 13.6 Å². The van der Waals surface area contributed by atoms with Crippen molar-refractivity contribution < 1.29 is 17.9 Å². The van der Waals surface area contributed by atoms with Crippen LogP contribution in [-0.4, -0.2) is 28.8 Å². The molecule has 0 aliphatic carbocycles. The third kappa shape index (κ3) is 5.88. The first kappa shape index (κ1) is 13.8. The average Bonchev–Trinajstić information content (AvgIpc) is 2.48. The highest BCUT2D eigenvalue weighted by Gasteiger charge is 2.07. The number of ether oxygens (including phenoxy) is 1. The smallest absolute Gasteiger partial charge is 0.330 e. The van der Waals surface area contributed by atoms with Gasteiger partial charge in [0.25, 0.3) is 0 Å². The zero-order valence-electron chi connectivity index (χ0n) is 13.5. The maximum absolute atomic E-state index is 11.1. The van der Waals surface area contributed by atoms with Crippen LogP contribution in [0.3, 0.4) is 0 Å². The number of hydrogen-bond acceptors (Lipinski definition) is 6. The largest absolute Gasteiger partial charge is 0.466 e.